The van der Waals surface area contributed by atoms with Gasteiger partial charge in [-0.3, -0.25) is 23.5 Å². The van der Waals surface area contributed by atoms with Crippen molar-refractivity contribution in [3.05, 3.63) is 90.0 Å². The van der Waals surface area contributed by atoms with Crippen LogP contribution in [0.25, 0.3) is 0 Å². The summed E-state index contributed by atoms with van der Waals surface area (Å²) in [6.07, 6.45) is 0. The molecule has 0 aromatic heterocycles. The molecule has 1 atom stereocenters. The van der Waals surface area contributed by atoms with E-state index in [4.69, 9.17) is 21.7 Å². The Labute approximate surface area is 208 Å². The van der Waals surface area contributed by atoms with Crippen LogP contribution in [0.3, 0.4) is 0 Å². The molecule has 3 aromatic rings. The minimum absolute atomic E-state index is 0.0351. The van der Waals surface area contributed by atoms with Crippen LogP contribution in [-0.4, -0.2) is 42.0 Å². The van der Waals surface area contributed by atoms with E-state index in [1.165, 1.54) is 16.5 Å². The summed E-state index contributed by atoms with van der Waals surface area (Å²) < 4.78 is 27.6. The summed E-state index contributed by atoms with van der Waals surface area (Å²) in [5.41, 5.74) is 2.02. The number of methoxy groups -OCH3 is 2. The molecular weight excluding hydrogens is 485 g/mol. The lowest BCUT2D eigenvalue weighted by molar-refractivity contribution is -0.138. The van der Waals surface area contributed by atoms with Gasteiger partial charge in [0.25, 0.3) is 5.91 Å². The SMILES string of the molecule is COC(=O)CN1c2ccccc2C(=O)N(Cc2ccccc2)[P@]1(=O)C(=S)Nc1ccc(OC)cc1. The number of ether oxygens (including phenoxy) is 2. The Morgan fingerprint density at radius 2 is 1.60 bits per heavy atom. The smallest absolute Gasteiger partial charge is 0.325 e. The van der Waals surface area contributed by atoms with Crippen LogP contribution in [0, 0.1) is 0 Å². The first-order valence-corrected chi connectivity index (χ1v) is 12.8. The van der Waals surface area contributed by atoms with Gasteiger partial charge in [0.2, 0.25) is 0 Å². The van der Waals surface area contributed by atoms with E-state index in [0.717, 1.165) is 5.56 Å². The van der Waals surface area contributed by atoms with E-state index in [0.29, 0.717) is 22.7 Å². The minimum Gasteiger partial charge on any atom is -0.497 e. The molecule has 0 saturated carbocycles. The fraction of sp³-hybridized carbons (Fsp3) is 0.160. The summed E-state index contributed by atoms with van der Waals surface area (Å²) in [5, 5.41) is 3.02. The van der Waals surface area contributed by atoms with E-state index in [1.807, 2.05) is 30.3 Å². The predicted octanol–water partition coefficient (Wildman–Crippen LogP) is 4.92. The van der Waals surface area contributed by atoms with E-state index in [2.05, 4.69) is 5.32 Å². The highest BCUT2D eigenvalue weighted by Gasteiger charge is 2.50. The van der Waals surface area contributed by atoms with Gasteiger partial charge in [-0.25, -0.2) is 0 Å². The minimum atomic E-state index is -4.02. The van der Waals surface area contributed by atoms with Crippen LogP contribution < -0.4 is 14.7 Å². The van der Waals surface area contributed by atoms with Gasteiger partial charge in [-0.15, -0.1) is 0 Å². The summed E-state index contributed by atoms with van der Waals surface area (Å²) >= 11 is 5.68. The Kier molecular flexibility index (Phi) is 7.19. The Morgan fingerprint density at radius 1 is 0.943 bits per heavy atom. The van der Waals surface area contributed by atoms with Crippen molar-refractivity contribution >= 4 is 47.6 Å². The number of para-hydroxylation sites is 1. The molecular formula is C25H24N3O5PS. The first-order chi connectivity index (χ1) is 16.9. The van der Waals surface area contributed by atoms with Crippen LogP contribution in [0.5, 0.6) is 5.75 Å². The quantitative estimate of drug-likeness (QED) is 0.273. The number of thiocarbonyl (C=S) groups is 1. The van der Waals surface area contributed by atoms with Gasteiger partial charge < -0.3 is 14.8 Å². The van der Waals surface area contributed by atoms with Crippen LogP contribution in [0.1, 0.15) is 15.9 Å². The first-order valence-electron chi connectivity index (χ1n) is 10.7. The van der Waals surface area contributed by atoms with E-state index >= 15 is 0 Å². The molecule has 4 rings (SSSR count). The van der Waals surface area contributed by atoms with Crippen LogP contribution in [0.2, 0.25) is 0 Å². The van der Waals surface area contributed by atoms with Gasteiger partial charge in [0, 0.05) is 5.69 Å². The fourth-order valence-corrected chi connectivity index (χ4v) is 6.97. The fourth-order valence-electron chi connectivity index (χ4n) is 3.80. The summed E-state index contributed by atoms with van der Waals surface area (Å²) in [6.45, 7) is -0.318. The molecule has 8 nitrogen and oxygen atoms in total. The number of anilines is 2. The van der Waals surface area contributed by atoms with Crippen molar-refractivity contribution in [2.24, 2.45) is 0 Å². The maximum Gasteiger partial charge on any atom is 0.325 e. The van der Waals surface area contributed by atoms with Gasteiger partial charge in [-0.1, -0.05) is 54.7 Å². The lowest BCUT2D eigenvalue weighted by Crippen LogP contribution is -2.46. The van der Waals surface area contributed by atoms with Crippen LogP contribution in [0.4, 0.5) is 11.4 Å². The summed E-state index contributed by atoms with van der Waals surface area (Å²) in [4.78, 5) is 26.1. The van der Waals surface area contributed by atoms with Crippen molar-refractivity contribution in [2.75, 3.05) is 30.8 Å². The summed E-state index contributed by atoms with van der Waals surface area (Å²) in [5.74, 6) is -0.401. The highest BCUT2D eigenvalue weighted by Crippen LogP contribution is 2.61. The third-order valence-corrected chi connectivity index (χ3v) is 9.03. The summed E-state index contributed by atoms with van der Waals surface area (Å²) in [6, 6.07) is 22.8. The van der Waals surface area contributed by atoms with Gasteiger partial charge >= 0.3 is 13.4 Å². The van der Waals surface area contributed by atoms with E-state index in [9.17, 15) is 14.2 Å². The van der Waals surface area contributed by atoms with Gasteiger partial charge in [0.1, 0.15) is 12.3 Å². The number of fused-ring (bicyclic) bond motifs is 1. The van der Waals surface area contributed by atoms with E-state index in [-0.39, 0.29) is 17.8 Å². The van der Waals surface area contributed by atoms with Gasteiger partial charge in [0.15, 0.2) is 4.73 Å². The summed E-state index contributed by atoms with van der Waals surface area (Å²) in [7, 11) is -1.21. The number of nitrogens with zero attached hydrogens (tertiary/aromatic N) is 2. The van der Waals surface area contributed by atoms with Crippen LogP contribution in [-0.2, 0) is 20.6 Å². The number of carbonyl (C=O) groups excluding carboxylic acids is 2. The molecule has 35 heavy (non-hydrogen) atoms. The number of benzene rings is 3. The number of hydrogen-bond acceptors (Lipinski definition) is 6. The molecule has 1 aliphatic rings. The molecule has 0 aliphatic carbocycles. The third kappa shape index (κ3) is 4.78. The second kappa shape index (κ2) is 10.3. The number of amides is 1. The van der Waals surface area contributed by atoms with Crippen molar-refractivity contribution in [3.8, 4) is 5.75 Å². The lowest BCUT2D eigenvalue weighted by atomic mass is 10.1. The average molecular weight is 510 g/mol. The molecule has 1 aliphatic heterocycles. The van der Waals surface area contributed by atoms with Crippen molar-refractivity contribution in [2.45, 2.75) is 6.54 Å². The molecule has 3 aromatic carbocycles. The lowest BCUT2D eigenvalue weighted by Gasteiger charge is -2.44. The van der Waals surface area contributed by atoms with Crippen molar-refractivity contribution < 1.29 is 23.6 Å². The second-order valence-corrected chi connectivity index (χ2v) is 10.9. The van der Waals surface area contributed by atoms with E-state index in [1.54, 1.807) is 55.6 Å². The van der Waals surface area contributed by atoms with Crippen molar-refractivity contribution in [3.63, 3.8) is 0 Å². The van der Waals surface area contributed by atoms with Gasteiger partial charge in [0.05, 0.1) is 32.0 Å². The standard InChI is InChI=1S/C25H24N3O5PS/c1-32-20-14-12-19(13-15-20)26-25(35)34(31)27(17-23(29)33-2)22-11-7-6-10-21(22)24(30)28(34)16-18-8-4-3-5-9-18/h3-15H,16-17H2,1-2H3,(H,26,35)/t34-/m0/s1. The Balaban J connectivity index is 1.83. The van der Waals surface area contributed by atoms with Gasteiger partial charge in [-0.05, 0) is 42.0 Å². The third-order valence-electron chi connectivity index (χ3n) is 5.59. The Morgan fingerprint density at radius 3 is 2.26 bits per heavy atom. The number of esters is 1. The molecule has 0 unspecified atom stereocenters. The predicted molar refractivity (Wildman–Crippen MR) is 139 cm³/mol. The topological polar surface area (TPSA) is 88.2 Å². The normalized spacial score (nSPS) is 16.9. The van der Waals surface area contributed by atoms with Gasteiger partial charge in [-0.2, -0.15) is 0 Å². The zero-order valence-corrected chi connectivity index (χ0v) is 20.9. The molecule has 0 bridgehead atoms. The number of hydrogen-bond donors (Lipinski definition) is 1. The van der Waals surface area contributed by atoms with Crippen LogP contribution >= 0.6 is 19.7 Å². The largest absolute Gasteiger partial charge is 0.497 e. The maximum atomic E-state index is 14.9. The maximum absolute atomic E-state index is 14.9. The number of carbonyl (C=O) groups is 2. The van der Waals surface area contributed by atoms with E-state index < -0.39 is 19.3 Å². The van der Waals surface area contributed by atoms with Crippen molar-refractivity contribution in [1.82, 2.24) is 4.67 Å². The highest BCUT2D eigenvalue weighted by atomic mass is 32.1. The molecule has 0 saturated heterocycles. The highest BCUT2D eigenvalue weighted by molar-refractivity contribution is 8.01. The molecule has 1 heterocycles. The molecule has 0 spiro atoms. The molecule has 1 amide bonds. The van der Waals surface area contributed by atoms with Crippen LogP contribution in [0.15, 0.2) is 78.9 Å². The monoisotopic (exact) mass is 509 g/mol. The number of rotatable bonds is 7. The Bertz CT molecular complexity index is 1300. The molecule has 10 heteroatoms. The molecule has 0 fully saturated rings. The zero-order chi connectivity index (χ0) is 25.0. The van der Waals surface area contributed by atoms with Crippen molar-refractivity contribution in [1.29, 1.82) is 0 Å². The first kappa shape index (κ1) is 24.4. The average Bonchev–Trinajstić information content (AvgIpc) is 2.89. The second-order valence-electron chi connectivity index (χ2n) is 7.70. The number of nitrogens with one attached hydrogen (secondary N) is 1. The molecule has 180 valence electrons. The molecule has 0 radical (unpaired) electrons. The zero-order valence-electron chi connectivity index (χ0n) is 19.2. The Hall–Kier alpha value is -3.68. The molecule has 1 N–H and O–H groups in total.